The fourth-order valence-electron chi connectivity index (χ4n) is 2.55. The lowest BCUT2D eigenvalue weighted by molar-refractivity contribution is -0.228. The molecule has 26 heavy (non-hydrogen) atoms. The lowest BCUT2D eigenvalue weighted by Gasteiger charge is -2.27. The van der Waals surface area contributed by atoms with Crippen LogP contribution in [0.2, 0.25) is 0 Å². The number of hydrogen-bond acceptors (Lipinski definition) is 4. The molecule has 1 amide bonds. The van der Waals surface area contributed by atoms with Crippen LogP contribution in [0.3, 0.4) is 0 Å². The molecule has 1 heterocycles. The summed E-state index contributed by atoms with van der Waals surface area (Å²) in [5.41, 5.74) is -3.72. The SMILES string of the molecule is O=C(c1cccc([S-])c1)N1C[C@](O)(C(F)(F)F)C(c2ccc(Br)cc2)=N1. The minimum Gasteiger partial charge on any atom is -0.780 e. The summed E-state index contributed by atoms with van der Waals surface area (Å²) in [6.45, 7) is -1.03. The highest BCUT2D eigenvalue weighted by Gasteiger charge is 2.62. The van der Waals surface area contributed by atoms with E-state index in [4.69, 9.17) is 12.6 Å². The number of alkyl halides is 3. The van der Waals surface area contributed by atoms with E-state index in [0.29, 0.717) is 14.4 Å². The van der Waals surface area contributed by atoms with Gasteiger partial charge in [-0.2, -0.15) is 23.2 Å². The zero-order valence-electron chi connectivity index (χ0n) is 13.0. The van der Waals surface area contributed by atoms with Crippen molar-refractivity contribution in [3.05, 3.63) is 64.1 Å². The van der Waals surface area contributed by atoms with Crippen LogP contribution in [-0.4, -0.2) is 40.1 Å². The molecule has 1 aliphatic rings. The molecule has 1 aliphatic heterocycles. The van der Waals surface area contributed by atoms with Crippen LogP contribution in [-0.2, 0) is 12.6 Å². The van der Waals surface area contributed by atoms with E-state index in [1.807, 2.05) is 0 Å². The summed E-state index contributed by atoms with van der Waals surface area (Å²) in [6, 6.07) is 11.7. The van der Waals surface area contributed by atoms with Crippen molar-refractivity contribution in [2.24, 2.45) is 5.10 Å². The molecule has 3 rings (SSSR count). The standard InChI is InChI=1S/C17H12BrF3N2O2S/c18-12-6-4-10(5-7-12)14-16(25,17(19,20)21)9-23(22-14)15(24)11-2-1-3-13(26)8-11/h1-8,25-26H,9H2/p-1/t16-/m1/s1. The Kier molecular flexibility index (Phi) is 4.80. The fourth-order valence-corrected chi connectivity index (χ4v) is 3.02. The number of nitrogens with zero attached hydrogens (tertiary/aromatic N) is 2. The summed E-state index contributed by atoms with van der Waals surface area (Å²) in [5, 5.41) is 14.8. The molecule has 2 aromatic carbocycles. The number of carbonyl (C=O) groups is 1. The molecule has 1 N–H and O–H groups in total. The molecule has 0 aromatic heterocycles. The molecule has 2 aromatic rings. The number of benzene rings is 2. The van der Waals surface area contributed by atoms with Crippen LogP contribution >= 0.6 is 15.9 Å². The van der Waals surface area contributed by atoms with Crippen LogP contribution in [0, 0.1) is 0 Å². The first-order valence-electron chi connectivity index (χ1n) is 7.35. The predicted octanol–water partition coefficient (Wildman–Crippen LogP) is 3.51. The van der Waals surface area contributed by atoms with E-state index in [1.54, 1.807) is 6.07 Å². The van der Waals surface area contributed by atoms with Gasteiger partial charge in [0.1, 0.15) is 5.71 Å². The Bertz CT molecular complexity index is 886. The summed E-state index contributed by atoms with van der Waals surface area (Å²) in [5.74, 6) is -0.772. The van der Waals surface area contributed by atoms with Crippen LogP contribution in [0.5, 0.6) is 0 Å². The molecule has 4 nitrogen and oxygen atoms in total. The fraction of sp³-hybridized carbons (Fsp3) is 0.176. The second-order valence-corrected chi connectivity index (χ2v) is 7.09. The van der Waals surface area contributed by atoms with Gasteiger partial charge >= 0.3 is 6.18 Å². The van der Waals surface area contributed by atoms with Gasteiger partial charge in [0.15, 0.2) is 0 Å². The first-order chi connectivity index (χ1) is 12.1. The molecule has 0 saturated heterocycles. The topological polar surface area (TPSA) is 52.9 Å². The highest BCUT2D eigenvalue weighted by atomic mass is 79.9. The molecular weight excluding hydrogens is 433 g/mol. The van der Waals surface area contributed by atoms with Crippen LogP contribution in [0.1, 0.15) is 15.9 Å². The third kappa shape index (κ3) is 3.34. The quantitative estimate of drug-likeness (QED) is 0.722. The van der Waals surface area contributed by atoms with Gasteiger partial charge < -0.3 is 17.7 Å². The molecule has 136 valence electrons. The maximum absolute atomic E-state index is 13.6. The van der Waals surface area contributed by atoms with Crippen molar-refractivity contribution in [2.75, 3.05) is 6.54 Å². The number of halogens is 4. The molecule has 0 bridgehead atoms. The normalized spacial score (nSPS) is 20.2. The van der Waals surface area contributed by atoms with Crippen molar-refractivity contribution < 1.29 is 23.1 Å². The van der Waals surface area contributed by atoms with Crippen molar-refractivity contribution >= 4 is 40.2 Å². The Balaban J connectivity index is 2.04. The van der Waals surface area contributed by atoms with E-state index in [1.165, 1.54) is 42.5 Å². The lowest BCUT2D eigenvalue weighted by atomic mass is 9.92. The van der Waals surface area contributed by atoms with Gasteiger partial charge in [0, 0.05) is 15.6 Å². The Morgan fingerprint density at radius 2 is 1.88 bits per heavy atom. The number of carbonyl (C=O) groups excluding carboxylic acids is 1. The van der Waals surface area contributed by atoms with Gasteiger partial charge in [-0.25, -0.2) is 5.01 Å². The maximum Gasteiger partial charge on any atom is 0.424 e. The Morgan fingerprint density at radius 3 is 2.46 bits per heavy atom. The zero-order valence-corrected chi connectivity index (χ0v) is 15.4. The molecular formula is C17H11BrF3N2O2S-. The number of hydrazone groups is 1. The minimum absolute atomic E-state index is 0.0698. The molecule has 0 unspecified atom stereocenters. The van der Waals surface area contributed by atoms with Gasteiger partial charge in [0.2, 0.25) is 5.60 Å². The van der Waals surface area contributed by atoms with Gasteiger partial charge in [-0.1, -0.05) is 46.3 Å². The smallest absolute Gasteiger partial charge is 0.424 e. The summed E-state index contributed by atoms with van der Waals surface area (Å²) >= 11 is 8.16. The molecule has 1 atom stereocenters. The molecule has 0 saturated carbocycles. The molecule has 9 heteroatoms. The number of amides is 1. The minimum atomic E-state index is -5.01. The van der Waals surface area contributed by atoms with Crippen molar-refractivity contribution in [3.8, 4) is 0 Å². The largest absolute Gasteiger partial charge is 0.780 e. The average molecular weight is 444 g/mol. The number of hydrogen-bond donors (Lipinski definition) is 1. The molecule has 0 aliphatic carbocycles. The average Bonchev–Trinajstić information content (AvgIpc) is 2.94. The molecule has 0 fully saturated rings. The summed E-state index contributed by atoms with van der Waals surface area (Å²) < 4.78 is 41.4. The number of β-amino-alcohol motifs (C(OH)–C–C–N with tert-alkyl or cyclic N) is 1. The number of rotatable bonds is 2. The summed E-state index contributed by atoms with van der Waals surface area (Å²) in [6.07, 6.45) is -5.01. The predicted molar refractivity (Wildman–Crippen MR) is 94.8 cm³/mol. The monoisotopic (exact) mass is 443 g/mol. The first-order valence-corrected chi connectivity index (χ1v) is 8.55. The van der Waals surface area contributed by atoms with E-state index in [2.05, 4.69) is 21.0 Å². The number of aliphatic hydroxyl groups is 1. The van der Waals surface area contributed by atoms with Crippen molar-refractivity contribution in [3.63, 3.8) is 0 Å². The lowest BCUT2D eigenvalue weighted by Crippen LogP contribution is -2.54. The van der Waals surface area contributed by atoms with Crippen molar-refractivity contribution in [1.29, 1.82) is 0 Å². The van der Waals surface area contributed by atoms with Gasteiger partial charge in [0.25, 0.3) is 5.91 Å². The van der Waals surface area contributed by atoms with Crippen LogP contribution in [0.4, 0.5) is 13.2 Å². The van der Waals surface area contributed by atoms with E-state index < -0.39 is 29.9 Å². The van der Waals surface area contributed by atoms with E-state index >= 15 is 0 Å². The summed E-state index contributed by atoms with van der Waals surface area (Å²) in [4.78, 5) is 12.9. The van der Waals surface area contributed by atoms with E-state index in [0.717, 1.165) is 0 Å². The van der Waals surface area contributed by atoms with Crippen LogP contribution in [0.15, 0.2) is 63.0 Å². The Hall–Kier alpha value is -1.97. The third-order valence-corrected chi connectivity index (χ3v) is 4.68. The van der Waals surface area contributed by atoms with Gasteiger partial charge in [-0.3, -0.25) is 4.79 Å². The first kappa shape index (κ1) is 18.8. The Morgan fingerprint density at radius 1 is 1.23 bits per heavy atom. The maximum atomic E-state index is 13.6. The molecule has 0 spiro atoms. The van der Waals surface area contributed by atoms with Crippen LogP contribution < -0.4 is 0 Å². The second kappa shape index (κ2) is 6.64. The summed E-state index contributed by atoms with van der Waals surface area (Å²) in [7, 11) is 0. The van der Waals surface area contributed by atoms with Crippen molar-refractivity contribution in [1.82, 2.24) is 5.01 Å². The van der Waals surface area contributed by atoms with Crippen LogP contribution in [0.25, 0.3) is 0 Å². The Labute approximate surface area is 160 Å². The highest BCUT2D eigenvalue weighted by molar-refractivity contribution is 9.10. The molecule has 0 radical (unpaired) electrons. The van der Waals surface area contributed by atoms with E-state index in [9.17, 15) is 23.1 Å². The van der Waals surface area contributed by atoms with E-state index in [-0.39, 0.29) is 11.1 Å². The van der Waals surface area contributed by atoms with Gasteiger partial charge in [-0.15, -0.1) is 0 Å². The highest BCUT2D eigenvalue weighted by Crippen LogP contribution is 2.38. The van der Waals surface area contributed by atoms with Crippen molar-refractivity contribution in [2.45, 2.75) is 16.7 Å². The third-order valence-electron chi connectivity index (χ3n) is 3.89. The zero-order chi connectivity index (χ0) is 19.1. The second-order valence-electron chi connectivity index (χ2n) is 5.70. The van der Waals surface area contributed by atoms with Gasteiger partial charge in [-0.05, 0) is 18.2 Å². The van der Waals surface area contributed by atoms with Gasteiger partial charge in [0.05, 0.1) is 6.54 Å².